The quantitative estimate of drug-likeness (QED) is 0.856. The molecule has 0 saturated carbocycles. The molecular weight excluding hydrogens is 238 g/mol. The number of hydroxylamine groups is 2. The lowest BCUT2D eigenvalue weighted by molar-refractivity contribution is -0.0943. The van der Waals surface area contributed by atoms with Crippen molar-refractivity contribution in [2.75, 3.05) is 13.1 Å². The lowest BCUT2D eigenvalue weighted by Crippen LogP contribution is -2.28. The van der Waals surface area contributed by atoms with E-state index in [9.17, 15) is 0 Å². The minimum absolute atomic E-state index is 0.0172. The first kappa shape index (κ1) is 14.0. The average molecular weight is 261 g/mol. The summed E-state index contributed by atoms with van der Waals surface area (Å²) in [5.41, 5.74) is 6.72. The Bertz CT molecular complexity index is 417. The third-order valence-corrected chi connectivity index (χ3v) is 3.00. The first-order valence-corrected chi connectivity index (χ1v) is 6.97. The van der Waals surface area contributed by atoms with Crippen LogP contribution in [0.4, 0.5) is 0 Å². The van der Waals surface area contributed by atoms with Crippen LogP contribution < -0.4 is 5.73 Å². The minimum atomic E-state index is -0.0172. The van der Waals surface area contributed by atoms with E-state index >= 15 is 0 Å². The van der Waals surface area contributed by atoms with Gasteiger partial charge in [-0.1, -0.05) is 44.2 Å². The summed E-state index contributed by atoms with van der Waals surface area (Å²) < 4.78 is 0. The fraction of sp³-hybridized carbons (Fsp3) is 0.533. The highest BCUT2D eigenvalue weighted by Crippen LogP contribution is 2.29. The summed E-state index contributed by atoms with van der Waals surface area (Å²) in [6, 6.07) is 10.3. The van der Waals surface area contributed by atoms with Gasteiger partial charge in [-0.15, -0.1) is 5.06 Å². The molecular formula is C15H23N3O. The summed E-state index contributed by atoms with van der Waals surface area (Å²) in [6.45, 7) is 5.91. The second-order valence-electron chi connectivity index (χ2n) is 5.28. The maximum atomic E-state index is 5.87. The van der Waals surface area contributed by atoms with Crippen LogP contribution in [0, 0.1) is 5.92 Å². The Morgan fingerprint density at radius 2 is 2.05 bits per heavy atom. The number of hydrogen-bond donors (Lipinski definition) is 1. The Kier molecular flexibility index (Phi) is 4.93. The third kappa shape index (κ3) is 3.78. The highest BCUT2D eigenvalue weighted by Gasteiger charge is 2.29. The van der Waals surface area contributed by atoms with Crippen LogP contribution in [0.2, 0.25) is 0 Å². The molecule has 1 aliphatic rings. The van der Waals surface area contributed by atoms with E-state index in [-0.39, 0.29) is 6.17 Å². The molecule has 104 valence electrons. The first-order chi connectivity index (χ1) is 9.20. The van der Waals surface area contributed by atoms with Gasteiger partial charge in [0.05, 0.1) is 0 Å². The molecule has 0 aromatic heterocycles. The van der Waals surface area contributed by atoms with Crippen molar-refractivity contribution in [3.05, 3.63) is 35.9 Å². The topological polar surface area (TPSA) is 50.9 Å². The van der Waals surface area contributed by atoms with Crippen molar-refractivity contribution in [1.29, 1.82) is 0 Å². The standard InChI is InChI=1S/C15H23N3O/c1-12(2)11-18-15(13-7-4-3-5-8-13)17-14(19-18)9-6-10-16/h3-5,7-8,12,15H,6,9-11,16H2,1-2H3/t15-/m1/s1. The van der Waals surface area contributed by atoms with Crippen molar-refractivity contribution in [1.82, 2.24) is 5.06 Å². The van der Waals surface area contributed by atoms with Crippen LogP contribution in [-0.2, 0) is 4.84 Å². The van der Waals surface area contributed by atoms with Crippen molar-refractivity contribution in [2.24, 2.45) is 16.6 Å². The Morgan fingerprint density at radius 3 is 2.68 bits per heavy atom. The zero-order valence-corrected chi connectivity index (χ0v) is 11.7. The Hall–Kier alpha value is -1.39. The van der Waals surface area contributed by atoms with E-state index < -0.39 is 0 Å². The summed E-state index contributed by atoms with van der Waals surface area (Å²) in [7, 11) is 0. The molecule has 2 N–H and O–H groups in total. The van der Waals surface area contributed by atoms with Crippen LogP contribution >= 0.6 is 0 Å². The Balaban J connectivity index is 2.12. The summed E-state index contributed by atoms with van der Waals surface area (Å²) in [6.07, 6.45) is 1.71. The third-order valence-electron chi connectivity index (χ3n) is 3.00. The van der Waals surface area contributed by atoms with E-state index in [1.165, 1.54) is 5.56 Å². The second kappa shape index (κ2) is 6.68. The van der Waals surface area contributed by atoms with E-state index in [4.69, 9.17) is 15.6 Å². The van der Waals surface area contributed by atoms with Crippen molar-refractivity contribution in [2.45, 2.75) is 32.9 Å². The molecule has 2 rings (SSSR count). The van der Waals surface area contributed by atoms with E-state index in [2.05, 4.69) is 26.0 Å². The van der Waals surface area contributed by atoms with Crippen molar-refractivity contribution < 1.29 is 4.84 Å². The molecule has 1 atom stereocenters. The second-order valence-corrected chi connectivity index (χ2v) is 5.28. The SMILES string of the molecule is CC(C)CN1OC(CCCN)=N[C@H]1c1ccccc1. The highest BCUT2D eigenvalue weighted by molar-refractivity contribution is 5.77. The van der Waals surface area contributed by atoms with Gasteiger partial charge in [0.2, 0.25) is 5.90 Å². The van der Waals surface area contributed by atoms with E-state index in [1.54, 1.807) is 0 Å². The molecule has 0 amide bonds. The predicted molar refractivity (Wildman–Crippen MR) is 77.5 cm³/mol. The normalized spacial score (nSPS) is 19.6. The van der Waals surface area contributed by atoms with Gasteiger partial charge in [-0.2, -0.15) is 0 Å². The van der Waals surface area contributed by atoms with Gasteiger partial charge in [0.15, 0.2) is 6.17 Å². The van der Waals surface area contributed by atoms with Crippen molar-refractivity contribution in [3.8, 4) is 0 Å². The van der Waals surface area contributed by atoms with Crippen LogP contribution in [-0.4, -0.2) is 24.1 Å². The Labute approximate surface area is 115 Å². The molecule has 1 aromatic rings. The molecule has 4 nitrogen and oxygen atoms in total. The van der Waals surface area contributed by atoms with E-state index in [1.807, 2.05) is 23.3 Å². The summed E-state index contributed by atoms with van der Waals surface area (Å²) in [4.78, 5) is 10.6. The first-order valence-electron chi connectivity index (χ1n) is 6.97. The smallest absolute Gasteiger partial charge is 0.211 e. The summed E-state index contributed by atoms with van der Waals surface area (Å²) in [5, 5.41) is 1.98. The summed E-state index contributed by atoms with van der Waals surface area (Å²) >= 11 is 0. The molecule has 0 saturated heterocycles. The van der Waals surface area contributed by atoms with Crippen molar-refractivity contribution >= 4 is 5.90 Å². The average Bonchev–Trinajstić information content (AvgIpc) is 2.79. The van der Waals surface area contributed by atoms with Gasteiger partial charge in [0.25, 0.3) is 0 Å². The lowest BCUT2D eigenvalue weighted by atomic mass is 10.1. The van der Waals surface area contributed by atoms with Crippen LogP contribution in [0.25, 0.3) is 0 Å². The summed E-state index contributed by atoms with van der Waals surface area (Å²) in [5.74, 6) is 1.34. The van der Waals surface area contributed by atoms with Crippen molar-refractivity contribution in [3.63, 3.8) is 0 Å². The van der Waals surface area contributed by atoms with E-state index in [0.717, 1.165) is 25.3 Å². The van der Waals surface area contributed by atoms with E-state index in [0.29, 0.717) is 12.5 Å². The molecule has 0 bridgehead atoms. The number of nitrogens with two attached hydrogens (primary N) is 1. The lowest BCUT2D eigenvalue weighted by Gasteiger charge is -2.23. The molecule has 1 aromatic carbocycles. The molecule has 19 heavy (non-hydrogen) atoms. The van der Waals surface area contributed by atoms with Gasteiger partial charge >= 0.3 is 0 Å². The van der Waals surface area contributed by atoms with Gasteiger partial charge in [0.1, 0.15) is 0 Å². The molecule has 0 spiro atoms. The number of benzene rings is 1. The van der Waals surface area contributed by atoms with Gasteiger partial charge in [-0.05, 0) is 24.4 Å². The molecule has 0 aliphatic carbocycles. The van der Waals surface area contributed by atoms with Crippen LogP contribution in [0.3, 0.4) is 0 Å². The maximum absolute atomic E-state index is 5.87. The number of nitrogens with zero attached hydrogens (tertiary/aromatic N) is 2. The van der Waals surface area contributed by atoms with Crippen LogP contribution in [0.5, 0.6) is 0 Å². The largest absolute Gasteiger partial charge is 0.388 e. The van der Waals surface area contributed by atoms with Gasteiger partial charge in [-0.25, -0.2) is 4.99 Å². The van der Waals surface area contributed by atoms with Gasteiger partial charge in [0, 0.05) is 13.0 Å². The minimum Gasteiger partial charge on any atom is -0.388 e. The number of aliphatic imine (C=N–C) groups is 1. The predicted octanol–water partition coefficient (Wildman–Crippen LogP) is 2.73. The van der Waals surface area contributed by atoms with Gasteiger partial charge < -0.3 is 10.6 Å². The number of hydrogen-bond acceptors (Lipinski definition) is 4. The zero-order chi connectivity index (χ0) is 13.7. The molecule has 1 aliphatic heterocycles. The van der Waals surface area contributed by atoms with Gasteiger partial charge in [-0.3, -0.25) is 0 Å². The molecule has 1 heterocycles. The fourth-order valence-corrected chi connectivity index (χ4v) is 2.14. The highest BCUT2D eigenvalue weighted by atomic mass is 16.7. The fourth-order valence-electron chi connectivity index (χ4n) is 2.14. The van der Waals surface area contributed by atoms with Crippen LogP contribution in [0.1, 0.15) is 38.4 Å². The molecule has 0 radical (unpaired) electrons. The molecule has 4 heteroatoms. The zero-order valence-electron chi connectivity index (χ0n) is 11.7. The molecule has 0 unspecified atom stereocenters. The monoisotopic (exact) mass is 261 g/mol. The van der Waals surface area contributed by atoms with Crippen LogP contribution in [0.15, 0.2) is 35.3 Å². The maximum Gasteiger partial charge on any atom is 0.211 e. The number of rotatable bonds is 6. The molecule has 0 fully saturated rings. The Morgan fingerprint density at radius 1 is 1.32 bits per heavy atom.